The Morgan fingerprint density at radius 2 is 1.90 bits per heavy atom. The smallest absolute Gasteiger partial charge is 0.458 e. The lowest BCUT2D eigenvalue weighted by molar-refractivity contribution is -0.139. The van der Waals surface area contributed by atoms with Gasteiger partial charge in [0, 0.05) is 24.8 Å². The minimum atomic E-state index is -3.68. The molecule has 0 aliphatic rings. The number of ether oxygens (including phenoxy) is 1. The van der Waals surface area contributed by atoms with Crippen molar-refractivity contribution in [2.45, 2.75) is 13.5 Å². The Bertz CT molecular complexity index is 564. The van der Waals surface area contributed by atoms with E-state index in [4.69, 9.17) is 20.9 Å². The molecule has 0 atom stereocenters. The molecule has 1 aromatic rings. The van der Waals surface area contributed by atoms with Gasteiger partial charge in [-0.2, -0.15) is 0 Å². The van der Waals surface area contributed by atoms with Gasteiger partial charge in [0.25, 0.3) is 0 Å². The van der Waals surface area contributed by atoms with Crippen LogP contribution in [0, 0.1) is 0 Å². The van der Waals surface area contributed by atoms with Crippen LogP contribution in [0.5, 0.6) is 0 Å². The van der Waals surface area contributed by atoms with E-state index in [0.29, 0.717) is 10.6 Å². The molecule has 8 heteroatoms. The van der Waals surface area contributed by atoms with Gasteiger partial charge < -0.3 is 9.26 Å². The monoisotopic (exact) mass is 334 g/mol. The van der Waals surface area contributed by atoms with E-state index in [2.05, 4.69) is 9.05 Å². The van der Waals surface area contributed by atoms with E-state index >= 15 is 0 Å². The molecule has 0 spiro atoms. The van der Waals surface area contributed by atoms with E-state index in [9.17, 15) is 9.36 Å². The summed E-state index contributed by atoms with van der Waals surface area (Å²) in [4.78, 5) is 11.6. The van der Waals surface area contributed by atoms with Crippen LogP contribution in [0.3, 0.4) is 0 Å². The van der Waals surface area contributed by atoms with Crippen molar-refractivity contribution in [3.63, 3.8) is 0 Å². The van der Waals surface area contributed by atoms with Gasteiger partial charge in [0.2, 0.25) is 0 Å². The quantitative estimate of drug-likeness (QED) is 0.328. The Hall–Kier alpha value is -1.33. The molecule has 0 radical (unpaired) electrons. The maximum absolute atomic E-state index is 11.7. The summed E-state index contributed by atoms with van der Waals surface area (Å²) >= 11 is 5.94. The lowest BCUT2D eigenvalue weighted by Crippen LogP contribution is -2.03. The summed E-state index contributed by atoms with van der Waals surface area (Å²) in [6.45, 7) is 1.45. The first-order valence-electron chi connectivity index (χ1n) is 5.90. The first-order valence-corrected chi connectivity index (χ1v) is 7.73. The van der Waals surface area contributed by atoms with Crippen molar-refractivity contribution in [1.29, 1.82) is 0 Å². The third-order valence-corrected chi connectivity index (χ3v) is 4.13. The highest BCUT2D eigenvalue weighted by molar-refractivity contribution is 7.48. The molecule has 0 saturated heterocycles. The molecule has 6 nitrogen and oxygen atoms in total. The van der Waals surface area contributed by atoms with E-state index in [1.807, 2.05) is 0 Å². The number of esters is 1. The summed E-state index contributed by atoms with van der Waals surface area (Å²) in [5.74, 6) is -0.614. The molecule has 0 unspecified atom stereocenters. The van der Waals surface area contributed by atoms with Crippen LogP contribution in [0.2, 0.25) is 5.02 Å². The number of hydrogen-bond acceptors (Lipinski definition) is 6. The van der Waals surface area contributed by atoms with Gasteiger partial charge in [0.1, 0.15) is 12.4 Å². The van der Waals surface area contributed by atoms with Gasteiger partial charge in [-0.1, -0.05) is 29.8 Å². The highest BCUT2D eigenvalue weighted by Gasteiger charge is 2.24. The number of benzene rings is 1. The van der Waals surface area contributed by atoms with Crippen LogP contribution in [-0.4, -0.2) is 20.2 Å². The summed E-state index contributed by atoms with van der Waals surface area (Å²) in [5, 5.41) is 0.505. The van der Waals surface area contributed by atoms with E-state index in [1.165, 1.54) is 21.1 Å². The maximum Gasteiger partial charge on any atom is 0.529 e. The number of allylic oxidation sites excluding steroid dienone is 1. The molecular formula is C13H16ClO6P. The SMILES string of the molecule is COP(=O)(OC)OC(C)=CC(=O)OCc1ccccc1Cl. The molecule has 0 aliphatic carbocycles. The minimum Gasteiger partial charge on any atom is -0.458 e. The standard InChI is InChI=1S/C13H16ClO6P/c1-10(20-21(16,17-2)18-3)8-13(15)19-9-11-6-4-5-7-12(11)14/h4-8H,9H2,1-3H3. The Morgan fingerprint density at radius 3 is 2.48 bits per heavy atom. The molecule has 0 saturated carbocycles. The van der Waals surface area contributed by atoms with Gasteiger partial charge in [0.15, 0.2) is 0 Å². The molecule has 0 bridgehead atoms. The van der Waals surface area contributed by atoms with Gasteiger partial charge in [-0.15, -0.1) is 0 Å². The fourth-order valence-corrected chi connectivity index (χ4v) is 2.22. The number of halogens is 1. The zero-order chi connectivity index (χ0) is 15.9. The van der Waals surface area contributed by atoms with Crippen molar-refractivity contribution >= 4 is 25.4 Å². The summed E-state index contributed by atoms with van der Waals surface area (Å²) < 4.78 is 30.8. The van der Waals surface area contributed by atoms with E-state index in [-0.39, 0.29) is 12.4 Å². The van der Waals surface area contributed by atoms with Crippen LogP contribution in [0.25, 0.3) is 0 Å². The first kappa shape index (κ1) is 17.7. The average molecular weight is 335 g/mol. The van der Waals surface area contributed by atoms with Crippen LogP contribution in [-0.2, 0) is 34.3 Å². The fraction of sp³-hybridized carbons (Fsp3) is 0.308. The molecule has 1 aromatic carbocycles. The van der Waals surface area contributed by atoms with Crippen LogP contribution in [0.1, 0.15) is 12.5 Å². The van der Waals surface area contributed by atoms with Gasteiger partial charge in [-0.3, -0.25) is 9.05 Å². The Morgan fingerprint density at radius 1 is 1.29 bits per heavy atom. The summed E-state index contributed by atoms with van der Waals surface area (Å²) in [6.07, 6.45) is 1.04. The minimum absolute atomic E-state index is 0.0223. The van der Waals surface area contributed by atoms with Crippen molar-refractivity contribution in [3.05, 3.63) is 46.7 Å². The normalized spacial score (nSPS) is 12.1. The predicted octanol–water partition coefficient (Wildman–Crippen LogP) is 3.70. The van der Waals surface area contributed by atoms with Gasteiger partial charge in [-0.25, -0.2) is 9.36 Å². The van der Waals surface area contributed by atoms with Crippen LogP contribution >= 0.6 is 19.4 Å². The van der Waals surface area contributed by atoms with Gasteiger partial charge in [-0.05, 0) is 13.0 Å². The Kier molecular flexibility index (Phi) is 6.92. The number of hydrogen-bond donors (Lipinski definition) is 0. The zero-order valence-electron chi connectivity index (χ0n) is 11.9. The largest absolute Gasteiger partial charge is 0.529 e. The molecule has 0 fully saturated rings. The van der Waals surface area contributed by atoms with Gasteiger partial charge in [0.05, 0.1) is 6.08 Å². The van der Waals surface area contributed by atoms with Crippen molar-refractivity contribution in [3.8, 4) is 0 Å². The number of carbonyl (C=O) groups excluding carboxylic acids is 1. The Labute approximate surface area is 128 Å². The summed E-state index contributed by atoms with van der Waals surface area (Å²) in [6, 6.07) is 7.00. The van der Waals surface area contributed by atoms with Crippen LogP contribution in [0.15, 0.2) is 36.1 Å². The molecule has 0 N–H and O–H groups in total. The van der Waals surface area contributed by atoms with Gasteiger partial charge >= 0.3 is 13.8 Å². The highest BCUT2D eigenvalue weighted by Crippen LogP contribution is 2.49. The van der Waals surface area contributed by atoms with Crippen LogP contribution in [0.4, 0.5) is 0 Å². The molecule has 0 aliphatic heterocycles. The number of phosphoric ester groups is 1. The molecule has 21 heavy (non-hydrogen) atoms. The second-order valence-corrected chi connectivity index (χ2v) is 6.07. The lowest BCUT2D eigenvalue weighted by atomic mass is 10.2. The Balaban J connectivity index is 2.58. The molecule has 116 valence electrons. The van der Waals surface area contributed by atoms with Crippen molar-refractivity contribution in [2.75, 3.05) is 14.2 Å². The number of rotatable bonds is 7. The van der Waals surface area contributed by atoms with Crippen molar-refractivity contribution in [1.82, 2.24) is 0 Å². The molecule has 1 rings (SSSR count). The number of carbonyl (C=O) groups is 1. The van der Waals surface area contributed by atoms with E-state index < -0.39 is 13.8 Å². The predicted molar refractivity (Wildman–Crippen MR) is 77.7 cm³/mol. The topological polar surface area (TPSA) is 71.1 Å². The van der Waals surface area contributed by atoms with Crippen molar-refractivity contribution in [2.24, 2.45) is 0 Å². The zero-order valence-corrected chi connectivity index (χ0v) is 13.5. The summed E-state index contributed by atoms with van der Waals surface area (Å²) in [5.41, 5.74) is 0.680. The second kappa shape index (κ2) is 8.20. The molecular weight excluding hydrogens is 319 g/mol. The van der Waals surface area contributed by atoms with Crippen molar-refractivity contribution < 1.29 is 27.7 Å². The fourth-order valence-electron chi connectivity index (χ4n) is 1.32. The molecule has 0 heterocycles. The second-order valence-electron chi connectivity index (χ2n) is 3.86. The molecule has 0 amide bonds. The summed E-state index contributed by atoms with van der Waals surface area (Å²) in [7, 11) is -1.33. The van der Waals surface area contributed by atoms with Crippen LogP contribution < -0.4 is 0 Å². The maximum atomic E-state index is 11.7. The molecule has 0 aromatic heterocycles. The third-order valence-electron chi connectivity index (χ3n) is 2.35. The third kappa shape index (κ3) is 5.89. The lowest BCUT2D eigenvalue weighted by Gasteiger charge is -2.14. The van der Waals surface area contributed by atoms with E-state index in [0.717, 1.165) is 6.08 Å². The number of phosphoric acid groups is 1. The first-order chi connectivity index (χ1) is 9.90. The van der Waals surface area contributed by atoms with E-state index in [1.54, 1.807) is 24.3 Å². The average Bonchev–Trinajstić information content (AvgIpc) is 2.46. The highest BCUT2D eigenvalue weighted by atomic mass is 35.5.